The molecule has 0 bridgehead atoms. The van der Waals surface area contributed by atoms with E-state index >= 15 is 0 Å². The minimum Gasteiger partial charge on any atom is -0.444 e. The molecular weight excluding hydrogens is 273 g/mol. The Morgan fingerprint density at radius 3 is 2.65 bits per heavy atom. The highest BCUT2D eigenvalue weighted by atomic mass is 32.2. The Labute approximate surface area is 120 Å². The molecule has 20 heavy (non-hydrogen) atoms. The van der Waals surface area contributed by atoms with Gasteiger partial charge in [0.2, 0.25) is 5.89 Å². The van der Waals surface area contributed by atoms with Gasteiger partial charge in [-0.2, -0.15) is 0 Å². The maximum atomic E-state index is 14.0. The number of thioether (sulfide) groups is 1. The molecular formula is C16H12FNOS. The van der Waals surface area contributed by atoms with Crippen molar-refractivity contribution in [3.05, 3.63) is 72.4 Å². The third kappa shape index (κ3) is 2.91. The summed E-state index contributed by atoms with van der Waals surface area (Å²) in [5.74, 6) is 0.811. The Morgan fingerprint density at radius 2 is 1.95 bits per heavy atom. The molecule has 100 valence electrons. The van der Waals surface area contributed by atoms with Crippen LogP contribution in [0.5, 0.6) is 0 Å². The molecule has 0 unspecified atom stereocenters. The lowest BCUT2D eigenvalue weighted by Crippen LogP contribution is -1.86. The summed E-state index contributed by atoms with van der Waals surface area (Å²) in [5, 5.41) is 0. The zero-order chi connectivity index (χ0) is 13.8. The largest absolute Gasteiger partial charge is 0.444 e. The standard InChI is InChI=1S/C16H12FNOS/c17-15-10-13(20-11-12-4-2-1-3-5-12)6-7-14(15)16-18-8-9-19-16/h1-10H,11H2. The maximum Gasteiger partial charge on any atom is 0.228 e. The fourth-order valence-electron chi connectivity index (χ4n) is 1.86. The van der Waals surface area contributed by atoms with Crippen molar-refractivity contribution in [2.45, 2.75) is 10.6 Å². The van der Waals surface area contributed by atoms with Crippen molar-refractivity contribution in [1.29, 1.82) is 0 Å². The van der Waals surface area contributed by atoms with Gasteiger partial charge in [0.1, 0.15) is 12.1 Å². The van der Waals surface area contributed by atoms with Gasteiger partial charge in [0.05, 0.1) is 11.8 Å². The van der Waals surface area contributed by atoms with Crippen LogP contribution in [0.25, 0.3) is 11.5 Å². The van der Waals surface area contributed by atoms with Crippen LogP contribution in [0.2, 0.25) is 0 Å². The van der Waals surface area contributed by atoms with Crippen LogP contribution < -0.4 is 0 Å². The number of oxazole rings is 1. The number of aromatic nitrogens is 1. The molecule has 0 aliphatic carbocycles. The van der Waals surface area contributed by atoms with Crippen molar-refractivity contribution in [1.82, 2.24) is 4.98 Å². The number of benzene rings is 2. The molecule has 3 rings (SSSR count). The number of hydrogen-bond donors (Lipinski definition) is 0. The van der Waals surface area contributed by atoms with Crippen LogP contribution in [-0.2, 0) is 5.75 Å². The van der Waals surface area contributed by atoms with E-state index in [-0.39, 0.29) is 5.82 Å². The summed E-state index contributed by atoms with van der Waals surface area (Å²) < 4.78 is 19.1. The van der Waals surface area contributed by atoms with Gasteiger partial charge in [-0.25, -0.2) is 9.37 Å². The van der Waals surface area contributed by atoms with Crippen molar-refractivity contribution in [2.24, 2.45) is 0 Å². The molecule has 0 amide bonds. The highest BCUT2D eigenvalue weighted by molar-refractivity contribution is 7.98. The second kappa shape index (κ2) is 5.92. The topological polar surface area (TPSA) is 26.0 Å². The summed E-state index contributed by atoms with van der Waals surface area (Å²) in [6.45, 7) is 0. The van der Waals surface area contributed by atoms with E-state index < -0.39 is 0 Å². The molecule has 0 saturated carbocycles. The summed E-state index contributed by atoms with van der Waals surface area (Å²) in [5.41, 5.74) is 1.61. The molecule has 2 aromatic carbocycles. The summed E-state index contributed by atoms with van der Waals surface area (Å²) in [7, 11) is 0. The van der Waals surface area contributed by atoms with Crippen molar-refractivity contribution < 1.29 is 8.81 Å². The van der Waals surface area contributed by atoms with Gasteiger partial charge in [-0.15, -0.1) is 11.8 Å². The molecule has 0 atom stereocenters. The Bertz CT molecular complexity index is 683. The normalized spacial score (nSPS) is 10.7. The van der Waals surface area contributed by atoms with Crippen LogP contribution in [-0.4, -0.2) is 4.98 Å². The number of halogens is 1. The summed E-state index contributed by atoms with van der Waals surface area (Å²) in [6, 6.07) is 15.2. The Morgan fingerprint density at radius 1 is 1.10 bits per heavy atom. The molecule has 0 aliphatic heterocycles. The second-order valence-electron chi connectivity index (χ2n) is 4.25. The van der Waals surface area contributed by atoms with Crippen molar-refractivity contribution >= 4 is 11.8 Å². The molecule has 0 fully saturated rings. The fourth-order valence-corrected chi connectivity index (χ4v) is 2.73. The first kappa shape index (κ1) is 12.9. The number of hydrogen-bond acceptors (Lipinski definition) is 3. The van der Waals surface area contributed by atoms with Crippen molar-refractivity contribution in [2.75, 3.05) is 0 Å². The molecule has 1 aromatic heterocycles. The van der Waals surface area contributed by atoms with Gasteiger partial charge in [0.25, 0.3) is 0 Å². The van der Waals surface area contributed by atoms with E-state index in [2.05, 4.69) is 17.1 Å². The van der Waals surface area contributed by atoms with E-state index in [1.165, 1.54) is 24.1 Å². The summed E-state index contributed by atoms with van der Waals surface area (Å²) in [4.78, 5) is 4.85. The zero-order valence-corrected chi connectivity index (χ0v) is 11.4. The third-order valence-electron chi connectivity index (χ3n) is 2.85. The molecule has 1 heterocycles. The third-order valence-corrected chi connectivity index (χ3v) is 3.92. The molecule has 2 nitrogen and oxygen atoms in total. The Hall–Kier alpha value is -2.07. The first-order valence-electron chi connectivity index (χ1n) is 6.19. The van der Waals surface area contributed by atoms with Crippen LogP contribution in [0.3, 0.4) is 0 Å². The molecule has 0 N–H and O–H groups in total. The van der Waals surface area contributed by atoms with Crippen molar-refractivity contribution in [3.8, 4) is 11.5 Å². The van der Waals surface area contributed by atoms with Crippen LogP contribution in [0.15, 0.2) is 70.3 Å². The first-order valence-corrected chi connectivity index (χ1v) is 7.17. The van der Waals surface area contributed by atoms with Gasteiger partial charge in [-0.3, -0.25) is 0 Å². The van der Waals surface area contributed by atoms with Gasteiger partial charge in [-0.05, 0) is 23.8 Å². The number of rotatable bonds is 4. The molecule has 4 heteroatoms. The van der Waals surface area contributed by atoms with E-state index in [0.29, 0.717) is 11.5 Å². The molecule has 0 spiro atoms. The van der Waals surface area contributed by atoms with Gasteiger partial charge >= 0.3 is 0 Å². The zero-order valence-electron chi connectivity index (χ0n) is 10.6. The first-order chi connectivity index (χ1) is 9.83. The van der Waals surface area contributed by atoms with E-state index in [0.717, 1.165) is 10.6 Å². The minimum atomic E-state index is -0.314. The highest BCUT2D eigenvalue weighted by Crippen LogP contribution is 2.28. The van der Waals surface area contributed by atoms with Crippen LogP contribution in [0.4, 0.5) is 4.39 Å². The molecule has 0 radical (unpaired) electrons. The van der Waals surface area contributed by atoms with Gasteiger partial charge < -0.3 is 4.42 Å². The van der Waals surface area contributed by atoms with Gasteiger partial charge in [0.15, 0.2) is 0 Å². The van der Waals surface area contributed by atoms with Crippen LogP contribution >= 0.6 is 11.8 Å². The van der Waals surface area contributed by atoms with E-state index in [1.54, 1.807) is 17.8 Å². The SMILES string of the molecule is Fc1cc(SCc2ccccc2)ccc1-c1ncco1. The minimum absolute atomic E-state index is 0.308. The van der Waals surface area contributed by atoms with E-state index in [1.807, 2.05) is 24.3 Å². The second-order valence-corrected chi connectivity index (χ2v) is 5.30. The molecule has 0 aliphatic rings. The van der Waals surface area contributed by atoms with Crippen molar-refractivity contribution in [3.63, 3.8) is 0 Å². The summed E-state index contributed by atoms with van der Waals surface area (Å²) in [6.07, 6.45) is 2.94. The fraction of sp³-hybridized carbons (Fsp3) is 0.0625. The smallest absolute Gasteiger partial charge is 0.228 e. The maximum absolute atomic E-state index is 14.0. The average molecular weight is 285 g/mol. The Kier molecular flexibility index (Phi) is 3.83. The molecule has 3 aromatic rings. The number of nitrogens with zero attached hydrogens (tertiary/aromatic N) is 1. The quantitative estimate of drug-likeness (QED) is 0.646. The summed E-state index contributed by atoms with van der Waals surface area (Å²) >= 11 is 1.60. The van der Waals surface area contributed by atoms with E-state index in [9.17, 15) is 4.39 Å². The van der Waals surface area contributed by atoms with Crippen LogP contribution in [0, 0.1) is 5.82 Å². The highest BCUT2D eigenvalue weighted by Gasteiger charge is 2.10. The lowest BCUT2D eigenvalue weighted by molar-refractivity contribution is 0.561. The van der Waals surface area contributed by atoms with Crippen LogP contribution in [0.1, 0.15) is 5.56 Å². The Balaban J connectivity index is 1.74. The average Bonchev–Trinajstić information content (AvgIpc) is 3.00. The van der Waals surface area contributed by atoms with Gasteiger partial charge in [-0.1, -0.05) is 30.3 Å². The predicted octanol–water partition coefficient (Wildman–Crippen LogP) is 4.77. The van der Waals surface area contributed by atoms with Gasteiger partial charge in [0, 0.05) is 10.6 Å². The monoisotopic (exact) mass is 285 g/mol. The molecule has 0 saturated heterocycles. The lowest BCUT2D eigenvalue weighted by atomic mass is 10.2. The lowest BCUT2D eigenvalue weighted by Gasteiger charge is -2.04. The predicted molar refractivity (Wildman–Crippen MR) is 77.9 cm³/mol. The van der Waals surface area contributed by atoms with E-state index in [4.69, 9.17) is 4.42 Å².